The standard InChI is InChI=1S/C18H17N5OS/c1-24-14-5-3-4-13(10-14)16-11-17(23-18(19-16)20-21-22-23)12-6-8-15(25-2)9-7-12/h3-11,17H,1-2H3,(H,19,20,22). The minimum absolute atomic E-state index is 0.0663. The Labute approximate surface area is 149 Å². The number of hydrogen-bond acceptors (Lipinski definition) is 6. The molecule has 7 heteroatoms. The third-order valence-corrected chi connectivity index (χ3v) is 4.91. The summed E-state index contributed by atoms with van der Waals surface area (Å²) in [5, 5.41) is 15.3. The van der Waals surface area contributed by atoms with Gasteiger partial charge in [0.05, 0.1) is 7.11 Å². The molecule has 6 nitrogen and oxygen atoms in total. The maximum atomic E-state index is 5.33. The van der Waals surface area contributed by atoms with Gasteiger partial charge in [0.1, 0.15) is 11.8 Å². The molecule has 126 valence electrons. The van der Waals surface area contributed by atoms with Gasteiger partial charge in [-0.2, -0.15) is 4.68 Å². The molecule has 0 fully saturated rings. The Morgan fingerprint density at radius 2 is 2.00 bits per heavy atom. The van der Waals surface area contributed by atoms with Gasteiger partial charge in [0.2, 0.25) is 5.95 Å². The molecule has 1 unspecified atom stereocenters. The van der Waals surface area contributed by atoms with Gasteiger partial charge in [-0.15, -0.1) is 11.8 Å². The summed E-state index contributed by atoms with van der Waals surface area (Å²) in [6.07, 6.45) is 4.20. The Balaban J connectivity index is 1.77. The van der Waals surface area contributed by atoms with E-state index < -0.39 is 0 Å². The van der Waals surface area contributed by atoms with Gasteiger partial charge in [0.15, 0.2) is 0 Å². The summed E-state index contributed by atoms with van der Waals surface area (Å²) in [5.74, 6) is 1.44. The van der Waals surface area contributed by atoms with Crippen molar-refractivity contribution < 1.29 is 4.74 Å². The second-order valence-electron chi connectivity index (χ2n) is 5.60. The number of benzene rings is 2. The highest BCUT2D eigenvalue weighted by atomic mass is 32.2. The fourth-order valence-electron chi connectivity index (χ4n) is 2.85. The fourth-order valence-corrected chi connectivity index (χ4v) is 3.26. The number of hydrogen-bond donors (Lipinski definition) is 1. The van der Waals surface area contributed by atoms with Gasteiger partial charge in [-0.1, -0.05) is 29.4 Å². The van der Waals surface area contributed by atoms with Gasteiger partial charge < -0.3 is 10.1 Å². The lowest BCUT2D eigenvalue weighted by Gasteiger charge is -2.23. The predicted molar refractivity (Wildman–Crippen MR) is 98.8 cm³/mol. The van der Waals surface area contributed by atoms with E-state index in [2.05, 4.69) is 57.4 Å². The first-order chi connectivity index (χ1) is 12.3. The molecule has 0 aliphatic carbocycles. The molecular formula is C18H17N5OS. The third-order valence-electron chi connectivity index (χ3n) is 4.17. The van der Waals surface area contributed by atoms with Crippen molar-refractivity contribution in [2.75, 3.05) is 18.7 Å². The first kappa shape index (κ1) is 15.7. The predicted octanol–water partition coefficient (Wildman–Crippen LogP) is 3.46. The average molecular weight is 351 g/mol. The van der Waals surface area contributed by atoms with Crippen LogP contribution in [0.4, 0.5) is 5.95 Å². The number of aromatic nitrogens is 4. The van der Waals surface area contributed by atoms with Crippen LogP contribution in [0.15, 0.2) is 59.5 Å². The normalized spacial score (nSPS) is 15.9. The van der Waals surface area contributed by atoms with Crippen LogP contribution in [0.2, 0.25) is 0 Å². The highest BCUT2D eigenvalue weighted by molar-refractivity contribution is 7.98. The maximum absolute atomic E-state index is 5.33. The molecule has 0 saturated carbocycles. The summed E-state index contributed by atoms with van der Waals surface area (Å²) in [4.78, 5) is 1.23. The second-order valence-corrected chi connectivity index (χ2v) is 6.48. The molecule has 0 amide bonds. The van der Waals surface area contributed by atoms with Crippen LogP contribution in [-0.2, 0) is 0 Å². The number of nitrogens with zero attached hydrogens (tertiary/aromatic N) is 4. The van der Waals surface area contributed by atoms with Crippen LogP contribution in [0.3, 0.4) is 0 Å². The van der Waals surface area contributed by atoms with Crippen molar-refractivity contribution in [1.82, 2.24) is 20.2 Å². The molecule has 0 spiro atoms. The Hall–Kier alpha value is -2.80. The summed E-state index contributed by atoms with van der Waals surface area (Å²) >= 11 is 1.72. The number of anilines is 1. The van der Waals surface area contributed by atoms with Crippen molar-refractivity contribution in [3.8, 4) is 5.75 Å². The minimum Gasteiger partial charge on any atom is -0.497 e. The maximum Gasteiger partial charge on any atom is 0.248 e. The highest BCUT2D eigenvalue weighted by Crippen LogP contribution is 2.33. The van der Waals surface area contributed by atoms with Crippen LogP contribution >= 0.6 is 11.8 Å². The molecule has 1 N–H and O–H groups in total. The Morgan fingerprint density at radius 1 is 1.16 bits per heavy atom. The number of allylic oxidation sites excluding steroid dienone is 1. The summed E-state index contributed by atoms with van der Waals surface area (Å²) in [5.41, 5.74) is 3.12. The number of ether oxygens (including phenoxy) is 1. The largest absolute Gasteiger partial charge is 0.497 e. The lowest BCUT2D eigenvalue weighted by molar-refractivity contribution is 0.414. The molecule has 0 radical (unpaired) electrons. The van der Waals surface area contributed by atoms with Crippen LogP contribution in [0.5, 0.6) is 5.75 Å². The molecular weight excluding hydrogens is 334 g/mol. The SMILES string of the molecule is COc1cccc(C2=CC(c3ccc(SC)cc3)n3nnnc3N2)c1. The summed E-state index contributed by atoms with van der Waals surface area (Å²) in [6.45, 7) is 0. The Kier molecular flexibility index (Phi) is 4.15. The smallest absolute Gasteiger partial charge is 0.248 e. The lowest BCUT2D eigenvalue weighted by atomic mass is 10.0. The molecule has 0 bridgehead atoms. The summed E-state index contributed by atoms with van der Waals surface area (Å²) in [6, 6.07) is 16.3. The first-order valence-corrected chi connectivity index (χ1v) is 9.06. The number of tetrazole rings is 1. The van der Waals surface area contributed by atoms with Gasteiger partial charge in [0.25, 0.3) is 0 Å². The Morgan fingerprint density at radius 3 is 2.76 bits per heavy atom. The zero-order valence-electron chi connectivity index (χ0n) is 13.9. The van der Waals surface area contributed by atoms with Gasteiger partial charge in [0, 0.05) is 16.2 Å². The van der Waals surface area contributed by atoms with Crippen molar-refractivity contribution in [3.63, 3.8) is 0 Å². The van der Waals surface area contributed by atoms with Crippen LogP contribution in [0.25, 0.3) is 5.70 Å². The van der Waals surface area contributed by atoms with E-state index in [1.165, 1.54) is 4.90 Å². The zero-order chi connectivity index (χ0) is 17.2. The number of methoxy groups -OCH3 is 1. The Bertz CT molecular complexity index is 919. The van der Waals surface area contributed by atoms with E-state index in [4.69, 9.17) is 4.74 Å². The van der Waals surface area contributed by atoms with E-state index in [9.17, 15) is 0 Å². The molecule has 3 aromatic rings. The molecule has 4 rings (SSSR count). The van der Waals surface area contributed by atoms with E-state index in [-0.39, 0.29) is 6.04 Å². The number of thioether (sulfide) groups is 1. The highest BCUT2D eigenvalue weighted by Gasteiger charge is 2.24. The molecule has 1 aliphatic rings. The average Bonchev–Trinajstić information content (AvgIpc) is 3.16. The topological polar surface area (TPSA) is 64.9 Å². The molecule has 1 aromatic heterocycles. The number of nitrogens with one attached hydrogen (secondary N) is 1. The summed E-state index contributed by atoms with van der Waals surface area (Å²) < 4.78 is 7.12. The van der Waals surface area contributed by atoms with Gasteiger partial charge in [-0.3, -0.25) is 0 Å². The van der Waals surface area contributed by atoms with Gasteiger partial charge >= 0.3 is 0 Å². The number of rotatable bonds is 4. The molecule has 1 atom stereocenters. The first-order valence-electron chi connectivity index (χ1n) is 7.83. The van der Waals surface area contributed by atoms with Crippen molar-refractivity contribution >= 4 is 23.4 Å². The van der Waals surface area contributed by atoms with Crippen LogP contribution in [0.1, 0.15) is 17.2 Å². The zero-order valence-corrected chi connectivity index (χ0v) is 14.7. The molecule has 2 aromatic carbocycles. The van der Waals surface area contributed by atoms with Crippen molar-refractivity contribution in [1.29, 1.82) is 0 Å². The summed E-state index contributed by atoms with van der Waals surface area (Å²) in [7, 11) is 1.67. The second kappa shape index (κ2) is 6.60. The van der Waals surface area contributed by atoms with E-state index in [0.717, 1.165) is 22.6 Å². The minimum atomic E-state index is -0.0663. The van der Waals surface area contributed by atoms with E-state index in [0.29, 0.717) is 5.95 Å². The third kappa shape index (κ3) is 2.98. The van der Waals surface area contributed by atoms with E-state index in [1.54, 1.807) is 23.6 Å². The van der Waals surface area contributed by atoms with Crippen LogP contribution in [0, 0.1) is 0 Å². The van der Waals surface area contributed by atoms with Crippen LogP contribution in [-0.4, -0.2) is 33.6 Å². The van der Waals surface area contributed by atoms with Crippen molar-refractivity contribution in [2.24, 2.45) is 0 Å². The fraction of sp³-hybridized carbons (Fsp3) is 0.167. The molecule has 2 heterocycles. The van der Waals surface area contributed by atoms with Gasteiger partial charge in [-0.25, -0.2) is 0 Å². The molecule has 25 heavy (non-hydrogen) atoms. The molecule has 1 aliphatic heterocycles. The van der Waals surface area contributed by atoms with E-state index in [1.807, 2.05) is 24.3 Å². The molecule has 0 saturated heterocycles. The van der Waals surface area contributed by atoms with Gasteiger partial charge in [-0.05, 0) is 52.6 Å². The van der Waals surface area contributed by atoms with Crippen molar-refractivity contribution in [3.05, 3.63) is 65.7 Å². The van der Waals surface area contributed by atoms with Crippen molar-refractivity contribution in [2.45, 2.75) is 10.9 Å². The van der Waals surface area contributed by atoms with Crippen LogP contribution < -0.4 is 10.1 Å². The monoisotopic (exact) mass is 351 g/mol. The lowest BCUT2D eigenvalue weighted by Crippen LogP contribution is -2.20. The number of fused-ring (bicyclic) bond motifs is 1. The quantitative estimate of drug-likeness (QED) is 0.726. The van der Waals surface area contributed by atoms with E-state index >= 15 is 0 Å².